The number of carbonyl (C=O) groups is 3. The molecule has 0 bridgehead atoms. The minimum absolute atomic E-state index is 0.0199. The Balaban J connectivity index is 1.85. The molecule has 6 nitrogen and oxygen atoms in total. The molecule has 124 valence electrons. The zero-order chi connectivity index (χ0) is 16.8. The first-order valence-corrected chi connectivity index (χ1v) is 7.95. The fourth-order valence-electron chi connectivity index (χ4n) is 2.49. The SMILES string of the molecule is CCCCCCCCOC(=O)c1ccc2c(c1)C(=O)N(O)C2=O. The third-order valence-electron chi connectivity index (χ3n) is 3.83. The third-order valence-corrected chi connectivity index (χ3v) is 3.83. The van der Waals surface area contributed by atoms with Gasteiger partial charge >= 0.3 is 5.97 Å². The fraction of sp³-hybridized carbons (Fsp3) is 0.471. The molecule has 1 aromatic carbocycles. The molecule has 23 heavy (non-hydrogen) atoms. The molecule has 1 aliphatic rings. The van der Waals surface area contributed by atoms with Crippen LogP contribution in [-0.4, -0.2) is 34.7 Å². The van der Waals surface area contributed by atoms with Gasteiger partial charge in [0.25, 0.3) is 11.8 Å². The smallest absolute Gasteiger partial charge is 0.338 e. The van der Waals surface area contributed by atoms with Crippen LogP contribution in [0.2, 0.25) is 0 Å². The van der Waals surface area contributed by atoms with Gasteiger partial charge in [0.15, 0.2) is 0 Å². The van der Waals surface area contributed by atoms with Gasteiger partial charge in [0.05, 0.1) is 23.3 Å². The van der Waals surface area contributed by atoms with Crippen LogP contribution in [0.15, 0.2) is 18.2 Å². The molecule has 0 fully saturated rings. The number of fused-ring (bicyclic) bond motifs is 1. The van der Waals surface area contributed by atoms with Crippen LogP contribution in [0.5, 0.6) is 0 Å². The molecule has 0 unspecified atom stereocenters. The summed E-state index contributed by atoms with van der Waals surface area (Å²) in [7, 11) is 0. The molecule has 1 aromatic rings. The fourth-order valence-corrected chi connectivity index (χ4v) is 2.49. The average Bonchev–Trinajstić information content (AvgIpc) is 2.78. The van der Waals surface area contributed by atoms with Crippen LogP contribution in [-0.2, 0) is 4.74 Å². The van der Waals surface area contributed by atoms with E-state index >= 15 is 0 Å². The number of imide groups is 1. The Kier molecular flexibility index (Phi) is 5.87. The van der Waals surface area contributed by atoms with Crippen molar-refractivity contribution in [3.8, 4) is 0 Å². The summed E-state index contributed by atoms with van der Waals surface area (Å²) in [5, 5.41) is 9.35. The van der Waals surface area contributed by atoms with E-state index in [0.29, 0.717) is 6.61 Å². The van der Waals surface area contributed by atoms with Crippen molar-refractivity contribution >= 4 is 17.8 Å². The standard InChI is InChI=1S/C17H21NO5/c1-2-3-4-5-6-7-10-23-17(21)12-8-9-13-14(11-12)16(20)18(22)15(13)19/h8-9,11,22H,2-7,10H2,1H3. The van der Waals surface area contributed by atoms with Gasteiger partial charge in [-0.1, -0.05) is 39.0 Å². The summed E-state index contributed by atoms with van der Waals surface area (Å²) < 4.78 is 5.17. The highest BCUT2D eigenvalue weighted by Gasteiger charge is 2.35. The normalized spacial score (nSPS) is 13.4. The largest absolute Gasteiger partial charge is 0.462 e. The minimum atomic E-state index is -0.824. The molecule has 0 spiro atoms. The van der Waals surface area contributed by atoms with Crippen molar-refractivity contribution in [3.05, 3.63) is 34.9 Å². The van der Waals surface area contributed by atoms with E-state index in [9.17, 15) is 19.6 Å². The van der Waals surface area contributed by atoms with Crippen molar-refractivity contribution in [2.45, 2.75) is 45.4 Å². The number of carbonyl (C=O) groups excluding carboxylic acids is 3. The van der Waals surface area contributed by atoms with Gasteiger partial charge in [-0.3, -0.25) is 14.8 Å². The second-order valence-corrected chi connectivity index (χ2v) is 5.59. The van der Waals surface area contributed by atoms with Crippen LogP contribution in [0.1, 0.15) is 76.5 Å². The number of hydroxylamine groups is 2. The highest BCUT2D eigenvalue weighted by molar-refractivity contribution is 6.20. The Hall–Kier alpha value is -2.21. The summed E-state index contributed by atoms with van der Waals surface area (Å²) in [5.74, 6) is -2.13. The summed E-state index contributed by atoms with van der Waals surface area (Å²) in [6.07, 6.45) is 6.58. The lowest BCUT2D eigenvalue weighted by atomic mass is 10.1. The second-order valence-electron chi connectivity index (χ2n) is 5.59. The highest BCUT2D eigenvalue weighted by atomic mass is 16.5. The first kappa shape index (κ1) is 17.1. The maximum atomic E-state index is 12.0. The molecule has 0 aromatic heterocycles. The lowest BCUT2D eigenvalue weighted by Crippen LogP contribution is -2.25. The van der Waals surface area contributed by atoms with E-state index in [1.165, 1.54) is 37.5 Å². The molecule has 2 amide bonds. The molecular formula is C17H21NO5. The number of benzene rings is 1. The number of rotatable bonds is 8. The first-order chi connectivity index (χ1) is 11.1. The number of amides is 2. The summed E-state index contributed by atoms with van der Waals surface area (Å²) in [4.78, 5) is 35.2. The number of nitrogens with zero attached hydrogens (tertiary/aromatic N) is 1. The number of unbranched alkanes of at least 4 members (excludes halogenated alkanes) is 5. The number of hydrogen-bond acceptors (Lipinski definition) is 5. The zero-order valence-corrected chi connectivity index (χ0v) is 13.2. The van der Waals surface area contributed by atoms with Gasteiger partial charge in [0.2, 0.25) is 0 Å². The van der Waals surface area contributed by atoms with Gasteiger partial charge in [-0.05, 0) is 24.6 Å². The maximum Gasteiger partial charge on any atom is 0.338 e. The van der Waals surface area contributed by atoms with E-state index in [0.717, 1.165) is 19.3 Å². The Morgan fingerprint density at radius 3 is 2.43 bits per heavy atom. The highest BCUT2D eigenvalue weighted by Crippen LogP contribution is 2.22. The van der Waals surface area contributed by atoms with Crippen LogP contribution >= 0.6 is 0 Å². The van der Waals surface area contributed by atoms with E-state index in [2.05, 4.69) is 6.92 Å². The first-order valence-electron chi connectivity index (χ1n) is 7.95. The molecule has 1 aliphatic heterocycles. The minimum Gasteiger partial charge on any atom is -0.462 e. The van der Waals surface area contributed by atoms with Gasteiger partial charge < -0.3 is 4.74 Å². The maximum absolute atomic E-state index is 12.0. The van der Waals surface area contributed by atoms with Crippen molar-refractivity contribution in [2.24, 2.45) is 0 Å². The molecule has 0 radical (unpaired) electrons. The van der Waals surface area contributed by atoms with Gasteiger partial charge in [0.1, 0.15) is 0 Å². The summed E-state index contributed by atoms with van der Waals surface area (Å²) in [6, 6.07) is 4.06. The molecule has 6 heteroatoms. The summed E-state index contributed by atoms with van der Waals surface area (Å²) in [5.41, 5.74) is 0.308. The Morgan fingerprint density at radius 1 is 1.04 bits per heavy atom. The van der Waals surface area contributed by atoms with Gasteiger partial charge in [-0.2, -0.15) is 0 Å². The van der Waals surface area contributed by atoms with Crippen molar-refractivity contribution in [1.82, 2.24) is 5.06 Å². The Labute approximate surface area is 135 Å². The summed E-state index contributed by atoms with van der Waals surface area (Å²) >= 11 is 0. The molecule has 0 atom stereocenters. The van der Waals surface area contributed by atoms with E-state index < -0.39 is 17.8 Å². The average molecular weight is 319 g/mol. The topological polar surface area (TPSA) is 83.9 Å². The molecule has 2 rings (SSSR count). The van der Waals surface area contributed by atoms with Gasteiger partial charge in [0, 0.05) is 0 Å². The Morgan fingerprint density at radius 2 is 1.70 bits per heavy atom. The number of esters is 1. The van der Waals surface area contributed by atoms with Crippen molar-refractivity contribution < 1.29 is 24.3 Å². The van der Waals surface area contributed by atoms with Gasteiger partial charge in [-0.25, -0.2) is 4.79 Å². The third kappa shape index (κ3) is 3.96. The van der Waals surface area contributed by atoms with Crippen molar-refractivity contribution in [3.63, 3.8) is 0 Å². The van der Waals surface area contributed by atoms with Gasteiger partial charge in [-0.15, -0.1) is 5.06 Å². The molecule has 1 heterocycles. The lowest BCUT2D eigenvalue weighted by Gasteiger charge is -2.05. The van der Waals surface area contributed by atoms with Crippen LogP contribution in [0, 0.1) is 0 Å². The molecule has 0 saturated carbocycles. The molecule has 0 saturated heterocycles. The lowest BCUT2D eigenvalue weighted by molar-refractivity contribution is -0.0327. The van der Waals surface area contributed by atoms with E-state index in [1.54, 1.807) is 0 Å². The molecule has 1 N–H and O–H groups in total. The van der Waals surface area contributed by atoms with E-state index in [4.69, 9.17) is 4.74 Å². The second kappa shape index (κ2) is 7.87. The summed E-state index contributed by atoms with van der Waals surface area (Å²) in [6.45, 7) is 2.49. The molecule has 0 aliphatic carbocycles. The zero-order valence-electron chi connectivity index (χ0n) is 13.2. The molecular weight excluding hydrogens is 298 g/mol. The monoisotopic (exact) mass is 319 g/mol. The van der Waals surface area contributed by atoms with Crippen molar-refractivity contribution in [2.75, 3.05) is 6.61 Å². The quantitative estimate of drug-likeness (QED) is 0.344. The van der Waals surface area contributed by atoms with E-state index in [1.807, 2.05) is 0 Å². The number of ether oxygens (including phenoxy) is 1. The van der Waals surface area contributed by atoms with Crippen molar-refractivity contribution in [1.29, 1.82) is 0 Å². The predicted molar refractivity (Wildman–Crippen MR) is 82.4 cm³/mol. The van der Waals surface area contributed by atoms with Crippen LogP contribution in [0.3, 0.4) is 0 Å². The predicted octanol–water partition coefficient (Wildman–Crippen LogP) is 3.19. The Bertz CT molecular complexity index is 611. The van der Waals surface area contributed by atoms with Crippen LogP contribution in [0.25, 0.3) is 0 Å². The van der Waals surface area contributed by atoms with Crippen LogP contribution < -0.4 is 0 Å². The van der Waals surface area contributed by atoms with E-state index in [-0.39, 0.29) is 21.8 Å². The number of hydrogen-bond donors (Lipinski definition) is 1. The van der Waals surface area contributed by atoms with Crippen LogP contribution in [0.4, 0.5) is 0 Å².